The maximum Gasteiger partial charge on any atom is 0.260 e. The van der Waals surface area contributed by atoms with Crippen LogP contribution >= 0.6 is 11.8 Å². The largest absolute Gasteiger partial charge is 0.458 e. The van der Waals surface area contributed by atoms with Crippen LogP contribution in [-0.4, -0.2) is 13.4 Å². The van der Waals surface area contributed by atoms with Gasteiger partial charge < -0.3 is 19.3 Å². The third kappa shape index (κ3) is 7.51. The summed E-state index contributed by atoms with van der Waals surface area (Å²) in [5.74, 6) is 3.29. The number of hydrogen-bond donors (Lipinski definition) is 0. The maximum absolute atomic E-state index is 7.33. The zero-order chi connectivity index (χ0) is 48.2. The number of anilines is 6. The Morgan fingerprint density at radius 1 is 0.274 bits per heavy atom. The molecule has 3 aliphatic rings. The van der Waals surface area contributed by atoms with Crippen LogP contribution < -0.4 is 52.1 Å². The van der Waals surface area contributed by atoms with E-state index in [0.717, 1.165) is 78.4 Å². The fourth-order valence-corrected chi connectivity index (χ4v) is 12.5. The molecule has 73 heavy (non-hydrogen) atoms. The van der Waals surface area contributed by atoms with E-state index in [1.807, 2.05) is 11.8 Å². The van der Waals surface area contributed by atoms with Crippen molar-refractivity contribution < 1.29 is 9.47 Å². The summed E-state index contributed by atoms with van der Waals surface area (Å²) < 4.78 is 14.3. The van der Waals surface area contributed by atoms with Gasteiger partial charge in [-0.1, -0.05) is 210 Å². The second-order valence-corrected chi connectivity index (χ2v) is 19.8. The molecule has 11 aromatic rings. The first-order chi connectivity index (χ1) is 36.2. The number of fused-ring (bicyclic) bond motifs is 6. The Morgan fingerprint density at radius 2 is 0.726 bits per heavy atom. The number of nitrogens with zero attached hydrogens (tertiary/aromatic N) is 2. The molecule has 0 saturated heterocycles. The summed E-state index contributed by atoms with van der Waals surface area (Å²) in [7, 11) is 0. The summed E-state index contributed by atoms with van der Waals surface area (Å²) in [6.07, 6.45) is 0. The van der Waals surface area contributed by atoms with Gasteiger partial charge in [0.2, 0.25) is 6.71 Å². The van der Waals surface area contributed by atoms with Gasteiger partial charge in [-0.3, -0.25) is 0 Å². The molecular formula is C66H44B2N2O2S. The Labute approximate surface area is 431 Å². The monoisotopic (exact) mass is 950 g/mol. The highest BCUT2D eigenvalue weighted by Gasteiger charge is 2.44. The van der Waals surface area contributed by atoms with Crippen LogP contribution in [0.5, 0.6) is 23.0 Å². The molecule has 7 heteroatoms. The van der Waals surface area contributed by atoms with Gasteiger partial charge in [0.05, 0.1) is 5.69 Å². The third-order valence-electron chi connectivity index (χ3n) is 14.5. The number of benzene rings is 11. The SMILES string of the molecule is c1ccc(-c2cccc(-c3ccccc3)c2B2c3ccc(N(c4ccccc4)c4ccccc4)cc3Sc3cc4c(cc32)B2c3ccccc3Oc3cc(N(c5ccccc5)c5ccccc5)cc(c32)O4)cc1. The number of para-hydroxylation sites is 5. The Hall–Kier alpha value is -8.90. The van der Waals surface area contributed by atoms with E-state index in [1.54, 1.807) is 0 Å². The van der Waals surface area contributed by atoms with Crippen molar-refractivity contribution in [2.75, 3.05) is 9.80 Å². The Balaban J connectivity index is 1.01. The Bertz CT molecular complexity index is 3710. The van der Waals surface area contributed by atoms with Gasteiger partial charge in [-0.25, -0.2) is 0 Å². The zero-order valence-corrected chi connectivity index (χ0v) is 40.5. The highest BCUT2D eigenvalue weighted by Crippen LogP contribution is 2.45. The number of rotatable bonds is 9. The van der Waals surface area contributed by atoms with Crippen molar-refractivity contribution in [1.29, 1.82) is 0 Å². The molecule has 0 saturated carbocycles. The molecule has 0 amide bonds. The van der Waals surface area contributed by atoms with Crippen molar-refractivity contribution in [3.63, 3.8) is 0 Å². The van der Waals surface area contributed by atoms with Crippen LogP contribution in [0.4, 0.5) is 34.1 Å². The number of hydrogen-bond acceptors (Lipinski definition) is 5. The summed E-state index contributed by atoms with van der Waals surface area (Å²) in [6, 6.07) is 95.9. The molecule has 0 bridgehead atoms. The van der Waals surface area contributed by atoms with Crippen LogP contribution in [0.25, 0.3) is 22.3 Å². The number of ether oxygens (including phenoxy) is 2. The van der Waals surface area contributed by atoms with Crippen LogP contribution in [-0.2, 0) is 0 Å². The zero-order valence-electron chi connectivity index (χ0n) is 39.7. The van der Waals surface area contributed by atoms with Crippen molar-refractivity contribution in [1.82, 2.24) is 0 Å². The van der Waals surface area contributed by atoms with Crippen molar-refractivity contribution >= 4 is 92.1 Å². The molecule has 3 heterocycles. The highest BCUT2D eigenvalue weighted by molar-refractivity contribution is 8.00. The fraction of sp³-hybridized carbons (Fsp3) is 0. The average Bonchev–Trinajstić information content (AvgIpc) is 3.45. The quantitative estimate of drug-likeness (QED) is 0.134. The van der Waals surface area contributed by atoms with Crippen LogP contribution in [0, 0.1) is 0 Å². The topological polar surface area (TPSA) is 24.9 Å². The van der Waals surface area contributed by atoms with E-state index in [1.165, 1.54) is 43.5 Å². The lowest BCUT2D eigenvalue weighted by atomic mass is 9.31. The first kappa shape index (κ1) is 42.9. The summed E-state index contributed by atoms with van der Waals surface area (Å²) in [5.41, 5.74) is 18.2. The van der Waals surface area contributed by atoms with Gasteiger partial charge in [0, 0.05) is 55.8 Å². The normalized spacial score (nSPS) is 12.5. The minimum atomic E-state index is -0.150. The molecule has 342 valence electrons. The molecule has 0 aliphatic carbocycles. The smallest absolute Gasteiger partial charge is 0.260 e. The lowest BCUT2D eigenvalue weighted by molar-refractivity contribution is 0.464. The third-order valence-corrected chi connectivity index (χ3v) is 15.6. The van der Waals surface area contributed by atoms with Gasteiger partial charge in [0.25, 0.3) is 6.71 Å². The first-order valence-electron chi connectivity index (χ1n) is 24.9. The molecule has 11 aromatic carbocycles. The molecule has 0 atom stereocenters. The standard InChI is InChI=1S/C66H44B2N2O2S/c1-7-22-45(23-8-1)53-34-21-35-54(46-24-9-2-10-25-46)65(53)68-56-39-38-51(69(47-26-11-3-12-27-47)48-28-13-4-14-29-48)42-63(56)73-64-44-60-57(43-58(64)68)67-55-36-19-20-37-59(55)71-61-40-52(41-62(72-60)66(61)67)70(49-30-15-5-16-31-49)50-32-17-6-18-33-50/h1-44H. The van der Waals surface area contributed by atoms with Crippen LogP contribution in [0.2, 0.25) is 0 Å². The van der Waals surface area contributed by atoms with Gasteiger partial charge in [-0.15, -0.1) is 0 Å². The summed E-state index contributed by atoms with van der Waals surface area (Å²) in [6.45, 7) is -0.291. The molecule has 3 aliphatic heterocycles. The van der Waals surface area contributed by atoms with E-state index in [9.17, 15) is 0 Å². The predicted octanol–water partition coefficient (Wildman–Crippen LogP) is 13.7. The second kappa shape index (κ2) is 18.1. The molecule has 0 radical (unpaired) electrons. The van der Waals surface area contributed by atoms with E-state index in [-0.39, 0.29) is 13.4 Å². The summed E-state index contributed by atoms with van der Waals surface area (Å²) in [5, 5.41) is 0. The molecule has 0 fully saturated rings. The van der Waals surface area contributed by atoms with Gasteiger partial charge >= 0.3 is 0 Å². The molecule has 0 unspecified atom stereocenters. The van der Waals surface area contributed by atoms with Crippen LogP contribution in [0.3, 0.4) is 0 Å². The Kier molecular flexibility index (Phi) is 10.6. The molecular weight excluding hydrogens is 906 g/mol. The minimum Gasteiger partial charge on any atom is -0.458 e. The predicted molar refractivity (Wildman–Crippen MR) is 306 cm³/mol. The maximum atomic E-state index is 7.33. The van der Waals surface area contributed by atoms with Crippen molar-refractivity contribution in [3.8, 4) is 45.3 Å². The average molecular weight is 951 g/mol. The van der Waals surface area contributed by atoms with Crippen molar-refractivity contribution in [3.05, 3.63) is 267 Å². The molecule has 0 spiro atoms. The van der Waals surface area contributed by atoms with Gasteiger partial charge in [-0.2, -0.15) is 0 Å². The van der Waals surface area contributed by atoms with Crippen molar-refractivity contribution in [2.45, 2.75) is 9.79 Å². The van der Waals surface area contributed by atoms with Gasteiger partial charge in [0.1, 0.15) is 23.0 Å². The highest BCUT2D eigenvalue weighted by atomic mass is 32.2. The summed E-state index contributed by atoms with van der Waals surface area (Å²) in [4.78, 5) is 7.00. The molecule has 4 nitrogen and oxygen atoms in total. The first-order valence-corrected chi connectivity index (χ1v) is 25.7. The van der Waals surface area contributed by atoms with E-state index in [0.29, 0.717) is 0 Å². The fourth-order valence-electron chi connectivity index (χ4n) is 11.3. The van der Waals surface area contributed by atoms with Crippen LogP contribution in [0.1, 0.15) is 0 Å². The van der Waals surface area contributed by atoms with E-state index < -0.39 is 0 Å². The van der Waals surface area contributed by atoms with Crippen LogP contribution in [0.15, 0.2) is 277 Å². The Morgan fingerprint density at radius 3 is 1.27 bits per heavy atom. The molecule has 0 aromatic heterocycles. The van der Waals surface area contributed by atoms with Gasteiger partial charge in [0.15, 0.2) is 0 Å². The summed E-state index contributed by atoms with van der Waals surface area (Å²) >= 11 is 1.83. The van der Waals surface area contributed by atoms with E-state index in [2.05, 4.69) is 277 Å². The van der Waals surface area contributed by atoms with E-state index in [4.69, 9.17) is 9.47 Å². The molecule has 14 rings (SSSR count). The second-order valence-electron chi connectivity index (χ2n) is 18.7. The van der Waals surface area contributed by atoms with Crippen molar-refractivity contribution in [2.24, 2.45) is 0 Å². The van der Waals surface area contributed by atoms with E-state index >= 15 is 0 Å². The lowest BCUT2D eigenvalue weighted by Crippen LogP contribution is -2.61. The van der Waals surface area contributed by atoms with Gasteiger partial charge in [-0.05, 0) is 106 Å². The lowest BCUT2D eigenvalue weighted by Gasteiger charge is -2.37. The molecule has 0 N–H and O–H groups in total. The minimum absolute atomic E-state index is 0.141.